The van der Waals surface area contributed by atoms with Crippen LogP contribution >= 0.6 is 0 Å². The Kier molecular flexibility index (Phi) is 7.06. The Hall–Kier alpha value is -2.50. The summed E-state index contributed by atoms with van der Waals surface area (Å²) in [6, 6.07) is 7.39. The lowest BCUT2D eigenvalue weighted by Crippen LogP contribution is -2.53. The molecule has 0 aliphatic carbocycles. The van der Waals surface area contributed by atoms with Gasteiger partial charge in [0.05, 0.1) is 6.61 Å². The van der Waals surface area contributed by atoms with Crippen LogP contribution in [0.15, 0.2) is 28.8 Å². The molecule has 1 fully saturated rings. The molecule has 0 bridgehead atoms. The second kappa shape index (κ2) is 9.54. The Morgan fingerprint density at radius 1 is 1.17 bits per heavy atom. The molecule has 10 nitrogen and oxygen atoms in total. The fourth-order valence-corrected chi connectivity index (χ4v) is 4.20. The molecule has 0 atom stereocenters. The number of rotatable bonds is 8. The van der Waals surface area contributed by atoms with Crippen molar-refractivity contribution in [2.45, 2.75) is 19.8 Å². The first-order valence-corrected chi connectivity index (χ1v) is 11.2. The number of hydrogen-bond donors (Lipinski definition) is 0. The Morgan fingerprint density at radius 2 is 1.83 bits per heavy atom. The van der Waals surface area contributed by atoms with Crippen molar-refractivity contribution in [2.75, 3.05) is 46.9 Å². The monoisotopic (exact) mass is 437 g/mol. The predicted octanol–water partition coefficient (Wildman–Crippen LogP) is 1.02. The van der Waals surface area contributed by atoms with Crippen LogP contribution in [-0.2, 0) is 21.4 Å². The van der Waals surface area contributed by atoms with E-state index in [1.165, 1.54) is 22.7 Å². The SMILES string of the molecule is CCOc1ccc(-c2noc(CCC(=O)N3CCN(S(=O)(=O)N(C)C)CC3)n2)cc1. The van der Waals surface area contributed by atoms with E-state index in [9.17, 15) is 13.2 Å². The van der Waals surface area contributed by atoms with Crippen LogP contribution in [0, 0.1) is 0 Å². The Bertz CT molecular complexity index is 950. The Balaban J connectivity index is 1.50. The third kappa shape index (κ3) is 5.15. The number of piperazine rings is 1. The third-order valence-electron chi connectivity index (χ3n) is 4.82. The molecule has 1 aromatic carbocycles. The molecule has 3 rings (SSSR count). The standard InChI is InChI=1S/C19H27N5O5S/c1-4-28-16-7-5-15(6-8-16)19-20-17(29-21-19)9-10-18(25)23-11-13-24(14-12-23)30(26,27)22(2)3/h5-8H,4,9-14H2,1-3H3. The largest absolute Gasteiger partial charge is 0.494 e. The van der Waals surface area contributed by atoms with Crippen LogP contribution in [-0.4, -0.2) is 84.9 Å². The highest BCUT2D eigenvalue weighted by molar-refractivity contribution is 7.86. The maximum absolute atomic E-state index is 12.5. The van der Waals surface area contributed by atoms with E-state index < -0.39 is 10.2 Å². The van der Waals surface area contributed by atoms with Crippen molar-refractivity contribution in [3.63, 3.8) is 0 Å². The summed E-state index contributed by atoms with van der Waals surface area (Å²) in [7, 11) is -0.449. The second-order valence-electron chi connectivity index (χ2n) is 7.04. The van der Waals surface area contributed by atoms with E-state index >= 15 is 0 Å². The van der Waals surface area contributed by atoms with Crippen LogP contribution in [0.1, 0.15) is 19.2 Å². The van der Waals surface area contributed by atoms with Gasteiger partial charge in [0, 0.05) is 58.7 Å². The van der Waals surface area contributed by atoms with Crippen LogP contribution in [0.5, 0.6) is 5.75 Å². The van der Waals surface area contributed by atoms with Crippen LogP contribution in [0.25, 0.3) is 11.4 Å². The van der Waals surface area contributed by atoms with Gasteiger partial charge in [0.1, 0.15) is 5.75 Å². The molecule has 1 aromatic heterocycles. The van der Waals surface area contributed by atoms with Crippen molar-refractivity contribution < 1.29 is 22.5 Å². The molecular weight excluding hydrogens is 410 g/mol. The summed E-state index contributed by atoms with van der Waals surface area (Å²) in [6.07, 6.45) is 0.560. The lowest BCUT2D eigenvalue weighted by atomic mass is 10.2. The number of aryl methyl sites for hydroxylation is 1. The maximum atomic E-state index is 12.5. The molecule has 1 aliphatic rings. The highest BCUT2D eigenvalue weighted by Gasteiger charge is 2.30. The summed E-state index contributed by atoms with van der Waals surface area (Å²) in [6.45, 7) is 3.83. The lowest BCUT2D eigenvalue weighted by Gasteiger charge is -2.35. The van der Waals surface area contributed by atoms with Gasteiger partial charge in [-0.1, -0.05) is 5.16 Å². The first-order valence-electron chi connectivity index (χ1n) is 9.82. The Morgan fingerprint density at radius 3 is 2.43 bits per heavy atom. The number of hydrogen-bond acceptors (Lipinski definition) is 7. The highest BCUT2D eigenvalue weighted by Crippen LogP contribution is 2.20. The van der Waals surface area contributed by atoms with E-state index in [1.54, 1.807) is 4.90 Å². The molecule has 0 radical (unpaired) electrons. The van der Waals surface area contributed by atoms with Gasteiger partial charge < -0.3 is 14.2 Å². The average molecular weight is 438 g/mol. The molecule has 11 heteroatoms. The minimum atomic E-state index is -3.45. The average Bonchev–Trinajstić information content (AvgIpc) is 3.22. The van der Waals surface area contributed by atoms with E-state index in [1.807, 2.05) is 31.2 Å². The summed E-state index contributed by atoms with van der Waals surface area (Å²) < 4.78 is 37.6. The van der Waals surface area contributed by atoms with E-state index in [0.29, 0.717) is 37.8 Å². The van der Waals surface area contributed by atoms with Crippen molar-refractivity contribution in [2.24, 2.45) is 0 Å². The van der Waals surface area contributed by atoms with Gasteiger partial charge in [0.15, 0.2) is 0 Å². The van der Waals surface area contributed by atoms with Crippen molar-refractivity contribution in [1.82, 2.24) is 23.7 Å². The van der Waals surface area contributed by atoms with Gasteiger partial charge >= 0.3 is 0 Å². The molecular formula is C19H27N5O5S. The number of ether oxygens (including phenoxy) is 1. The molecule has 2 heterocycles. The van der Waals surface area contributed by atoms with Crippen molar-refractivity contribution in [1.29, 1.82) is 0 Å². The van der Waals surface area contributed by atoms with Crippen molar-refractivity contribution in [3.05, 3.63) is 30.2 Å². The smallest absolute Gasteiger partial charge is 0.281 e. The van der Waals surface area contributed by atoms with Crippen molar-refractivity contribution >= 4 is 16.1 Å². The van der Waals surface area contributed by atoms with Crippen LogP contribution in [0.2, 0.25) is 0 Å². The minimum absolute atomic E-state index is 0.0577. The Labute approximate surface area is 176 Å². The molecule has 1 amide bonds. The second-order valence-corrected chi connectivity index (χ2v) is 9.18. The molecule has 1 aliphatic heterocycles. The summed E-state index contributed by atoms with van der Waals surface area (Å²) in [4.78, 5) is 18.5. The van der Waals surface area contributed by atoms with Gasteiger partial charge in [0.25, 0.3) is 10.2 Å². The summed E-state index contributed by atoms with van der Waals surface area (Å²) in [5.74, 6) is 1.57. The zero-order valence-corrected chi connectivity index (χ0v) is 18.3. The van der Waals surface area contributed by atoms with Crippen molar-refractivity contribution in [3.8, 4) is 17.1 Å². The summed E-state index contributed by atoms with van der Waals surface area (Å²) in [5, 5.41) is 3.98. The van der Waals surface area contributed by atoms with Gasteiger partial charge in [-0.25, -0.2) is 0 Å². The molecule has 164 valence electrons. The molecule has 0 spiro atoms. The van der Waals surface area contributed by atoms with Gasteiger partial charge in [-0.15, -0.1) is 0 Å². The minimum Gasteiger partial charge on any atom is -0.494 e. The van der Waals surface area contributed by atoms with Crippen LogP contribution < -0.4 is 4.74 Å². The number of nitrogens with zero attached hydrogens (tertiary/aromatic N) is 5. The van der Waals surface area contributed by atoms with Gasteiger partial charge in [-0.3, -0.25) is 4.79 Å². The topological polar surface area (TPSA) is 109 Å². The van der Waals surface area contributed by atoms with Gasteiger partial charge in [0.2, 0.25) is 17.6 Å². The fraction of sp³-hybridized carbons (Fsp3) is 0.526. The summed E-state index contributed by atoms with van der Waals surface area (Å²) in [5.41, 5.74) is 0.804. The number of aromatic nitrogens is 2. The van der Waals surface area contributed by atoms with E-state index in [4.69, 9.17) is 9.26 Å². The molecule has 0 unspecified atom stereocenters. The number of benzene rings is 1. The third-order valence-corrected chi connectivity index (χ3v) is 6.76. The quantitative estimate of drug-likeness (QED) is 0.606. The molecule has 1 saturated heterocycles. The van der Waals surface area contributed by atoms with Crippen LogP contribution in [0.3, 0.4) is 0 Å². The summed E-state index contributed by atoms with van der Waals surface area (Å²) >= 11 is 0. The molecule has 0 N–H and O–H groups in total. The zero-order chi connectivity index (χ0) is 21.7. The first-order chi connectivity index (χ1) is 14.3. The molecule has 2 aromatic rings. The molecule has 30 heavy (non-hydrogen) atoms. The first kappa shape index (κ1) is 22.2. The number of carbonyl (C=O) groups excluding carboxylic acids is 1. The number of carbonyl (C=O) groups is 1. The predicted molar refractivity (Wildman–Crippen MR) is 110 cm³/mol. The van der Waals surface area contributed by atoms with E-state index in [2.05, 4.69) is 10.1 Å². The van der Waals surface area contributed by atoms with Crippen LogP contribution in [0.4, 0.5) is 0 Å². The van der Waals surface area contributed by atoms with E-state index in [0.717, 1.165) is 11.3 Å². The number of amides is 1. The van der Waals surface area contributed by atoms with Gasteiger partial charge in [-0.2, -0.15) is 22.0 Å². The van der Waals surface area contributed by atoms with E-state index in [-0.39, 0.29) is 25.4 Å². The lowest BCUT2D eigenvalue weighted by molar-refractivity contribution is -0.132. The molecule has 0 saturated carbocycles. The zero-order valence-electron chi connectivity index (χ0n) is 17.4. The normalized spacial score (nSPS) is 15.5. The fourth-order valence-electron chi connectivity index (χ4n) is 3.11. The highest BCUT2D eigenvalue weighted by atomic mass is 32.2. The maximum Gasteiger partial charge on any atom is 0.281 e. The van der Waals surface area contributed by atoms with Gasteiger partial charge in [-0.05, 0) is 31.2 Å².